The highest BCUT2D eigenvalue weighted by Crippen LogP contribution is 2.37. The minimum absolute atomic E-state index is 0.000264. The number of carbonyl (C=O) groups excluding carboxylic acids is 1. The lowest BCUT2D eigenvalue weighted by atomic mass is 10.0. The normalized spacial score (nSPS) is 20.4. The summed E-state index contributed by atoms with van der Waals surface area (Å²) >= 11 is 6.56. The van der Waals surface area contributed by atoms with E-state index in [9.17, 15) is 9.18 Å². The Morgan fingerprint density at radius 1 is 1.19 bits per heavy atom. The van der Waals surface area contributed by atoms with Crippen LogP contribution in [0.25, 0.3) is 37.8 Å². The number of likely N-dealkylation sites (tertiary alicyclic amines) is 1. The molecule has 244 valence electrons. The highest BCUT2D eigenvalue weighted by molar-refractivity contribution is 6.36. The van der Waals surface area contributed by atoms with E-state index >= 15 is 4.39 Å². The first-order chi connectivity index (χ1) is 22.8. The van der Waals surface area contributed by atoms with Gasteiger partial charge in [-0.3, -0.25) is 19.7 Å². The van der Waals surface area contributed by atoms with E-state index in [1.807, 2.05) is 18.0 Å². The highest BCUT2D eigenvalue weighted by Gasteiger charge is 2.34. The lowest BCUT2D eigenvalue weighted by molar-refractivity contribution is -0.128. The maximum Gasteiger partial charge on any atom is 0.319 e. The van der Waals surface area contributed by atoms with Crippen molar-refractivity contribution in [2.75, 3.05) is 65.1 Å². The number of fused-ring (bicyclic) bond motifs is 2. The molecule has 6 rings (SSSR count). The third-order valence-corrected chi connectivity index (χ3v) is 9.05. The molecule has 0 radical (unpaired) electrons. The number of likely N-dealkylation sites (N-methyl/N-ethyl adjacent to an activating group) is 1. The Bertz CT molecular complexity index is 1870. The molecule has 14 heteroatoms. The number of amides is 1. The summed E-state index contributed by atoms with van der Waals surface area (Å²) in [5.74, 6) is -0.694. The zero-order valence-corrected chi connectivity index (χ0v) is 26.7. The highest BCUT2D eigenvalue weighted by atomic mass is 35.5. The maximum absolute atomic E-state index is 16.7. The number of alkyl halides is 1. The van der Waals surface area contributed by atoms with E-state index in [1.54, 1.807) is 30.3 Å². The third kappa shape index (κ3) is 6.54. The van der Waals surface area contributed by atoms with Crippen molar-refractivity contribution in [1.29, 1.82) is 0 Å². The number of hydrogen-bond donors (Lipinski definition) is 0. The summed E-state index contributed by atoms with van der Waals surface area (Å²) in [6.07, 6.45) is 7.86. The van der Waals surface area contributed by atoms with E-state index in [0.717, 1.165) is 24.4 Å². The van der Waals surface area contributed by atoms with Crippen LogP contribution in [0.1, 0.15) is 6.42 Å². The summed E-state index contributed by atoms with van der Waals surface area (Å²) in [5.41, 5.74) is 0.442. The number of rotatable bonds is 9. The molecule has 0 aliphatic carbocycles. The van der Waals surface area contributed by atoms with E-state index in [2.05, 4.69) is 24.7 Å². The number of anilines is 1. The van der Waals surface area contributed by atoms with Gasteiger partial charge in [0.25, 0.3) is 0 Å². The number of piperazine rings is 1. The number of allylic oxidation sites excluding steroid dienone is 1. The summed E-state index contributed by atoms with van der Waals surface area (Å²) in [7, 11) is 3.67. The second-order valence-electron chi connectivity index (χ2n) is 11.6. The molecule has 0 unspecified atom stereocenters. The van der Waals surface area contributed by atoms with Gasteiger partial charge in [-0.1, -0.05) is 23.7 Å². The molecule has 3 aromatic heterocycles. The lowest BCUT2D eigenvalue weighted by Gasteiger charge is -2.39. The molecule has 11 nitrogen and oxygen atoms in total. The number of ether oxygens (including phenoxy) is 2. The van der Waals surface area contributed by atoms with Gasteiger partial charge in [-0.15, -0.1) is 0 Å². The number of pyridine rings is 2. The second-order valence-corrected chi connectivity index (χ2v) is 12.0. The van der Waals surface area contributed by atoms with Gasteiger partial charge >= 0.3 is 6.01 Å². The van der Waals surface area contributed by atoms with Crippen molar-refractivity contribution in [2.45, 2.75) is 24.6 Å². The van der Waals surface area contributed by atoms with Gasteiger partial charge in [-0.25, -0.2) is 15.4 Å². The van der Waals surface area contributed by atoms with Crippen LogP contribution in [0.4, 0.5) is 14.6 Å². The fourth-order valence-electron chi connectivity index (χ4n) is 6.29. The summed E-state index contributed by atoms with van der Waals surface area (Å²) in [6, 6.07) is 4.88. The van der Waals surface area contributed by atoms with Crippen LogP contribution in [0.3, 0.4) is 0 Å². The first kappa shape index (κ1) is 32.4. The van der Waals surface area contributed by atoms with Crippen molar-refractivity contribution < 1.29 is 23.0 Å². The molecule has 1 aromatic carbocycles. The van der Waals surface area contributed by atoms with Crippen molar-refractivity contribution in [3.05, 3.63) is 71.2 Å². The maximum atomic E-state index is 16.7. The molecule has 47 heavy (non-hydrogen) atoms. The van der Waals surface area contributed by atoms with E-state index < -0.39 is 18.5 Å². The minimum Gasteiger partial charge on any atom is -0.462 e. The molecule has 0 saturated carbocycles. The van der Waals surface area contributed by atoms with Gasteiger partial charge < -0.3 is 24.1 Å². The van der Waals surface area contributed by atoms with Crippen LogP contribution in [0.2, 0.25) is 5.02 Å². The average molecular weight is 663 g/mol. The SMILES string of the molecule is [C-]#[N+]C[C@H]1CN(c2nc(OC[C@@H]3C[C@@H](OC)CN3C)nc3c(F)c(-c4cncc5cccc(Cl)c45)ncc23)CCN1C(=O)/C=C/CF. The van der Waals surface area contributed by atoms with E-state index in [4.69, 9.17) is 32.6 Å². The number of hydrogen-bond acceptors (Lipinski definition) is 9. The Morgan fingerprint density at radius 3 is 2.81 bits per heavy atom. The van der Waals surface area contributed by atoms with Crippen LogP contribution in [0.15, 0.2) is 48.9 Å². The smallest absolute Gasteiger partial charge is 0.319 e. The summed E-state index contributed by atoms with van der Waals surface area (Å²) in [6.45, 7) is 8.56. The third-order valence-electron chi connectivity index (χ3n) is 8.74. The Kier molecular flexibility index (Phi) is 9.72. The van der Waals surface area contributed by atoms with Crippen molar-refractivity contribution >= 4 is 45.0 Å². The van der Waals surface area contributed by atoms with Crippen molar-refractivity contribution in [1.82, 2.24) is 29.7 Å². The Hall–Kier alpha value is -4.51. The molecule has 5 heterocycles. The van der Waals surface area contributed by atoms with E-state index in [-0.39, 0.29) is 61.5 Å². The molecular weight excluding hydrogens is 630 g/mol. The molecule has 1 amide bonds. The van der Waals surface area contributed by atoms with Crippen LogP contribution in [-0.4, -0.2) is 114 Å². The molecule has 0 spiro atoms. The second kappa shape index (κ2) is 14.1. The van der Waals surface area contributed by atoms with Gasteiger partial charge in [0.15, 0.2) is 5.82 Å². The molecule has 2 aliphatic rings. The van der Waals surface area contributed by atoms with E-state index in [1.165, 1.54) is 18.5 Å². The van der Waals surface area contributed by atoms with Gasteiger partial charge in [-0.05, 0) is 25.6 Å². The first-order valence-electron chi connectivity index (χ1n) is 15.2. The molecular formula is C33H33ClF2N8O3. The van der Waals surface area contributed by atoms with Gasteiger partial charge in [0.05, 0.1) is 11.5 Å². The summed E-state index contributed by atoms with van der Waals surface area (Å²) in [4.78, 5) is 40.0. The van der Waals surface area contributed by atoms with Crippen molar-refractivity contribution in [2.24, 2.45) is 0 Å². The van der Waals surface area contributed by atoms with Gasteiger partial charge in [0.2, 0.25) is 12.5 Å². The van der Waals surface area contributed by atoms with Crippen molar-refractivity contribution in [3.63, 3.8) is 0 Å². The first-order valence-corrected chi connectivity index (χ1v) is 15.6. The predicted molar refractivity (Wildman–Crippen MR) is 175 cm³/mol. The number of methoxy groups -OCH3 is 1. The molecule has 4 aromatic rings. The molecule has 3 atom stereocenters. The zero-order valence-electron chi connectivity index (χ0n) is 25.9. The van der Waals surface area contributed by atoms with Gasteiger partial charge in [0.1, 0.15) is 36.4 Å². The Morgan fingerprint density at radius 2 is 2.04 bits per heavy atom. The van der Waals surface area contributed by atoms with Crippen LogP contribution < -0.4 is 9.64 Å². The van der Waals surface area contributed by atoms with Crippen LogP contribution in [-0.2, 0) is 9.53 Å². The number of benzene rings is 1. The fraction of sp³-hybridized carbons (Fsp3) is 0.394. The van der Waals surface area contributed by atoms with Gasteiger partial charge in [0, 0.05) is 85.4 Å². The topological polar surface area (TPSA) is 101 Å². The standard InChI is InChI=1S/C33H33ClF2N8O3/c1-37-14-22-17-43(10-11-44(22)27(45)8-5-9-35)32-25-16-39-30(24-15-38-13-20-6-4-7-26(34)28(20)24)29(36)31(25)40-33(41-32)47-19-21-12-23(46-3)18-42(21)2/h4-8,13,15-16,21-23H,9-12,14,17-19H2,2-3H3/b8-5+/t21-,22-,23+/m0/s1. The number of halogens is 3. The Labute approximate surface area is 275 Å². The number of nitrogens with zero attached hydrogens (tertiary/aromatic N) is 8. The molecule has 0 bridgehead atoms. The minimum atomic E-state index is -0.765. The predicted octanol–water partition coefficient (Wildman–Crippen LogP) is 4.59. The molecule has 2 aliphatic heterocycles. The summed E-state index contributed by atoms with van der Waals surface area (Å²) < 4.78 is 41.1. The average Bonchev–Trinajstić information content (AvgIpc) is 3.45. The quantitative estimate of drug-likeness (QED) is 0.188. The largest absolute Gasteiger partial charge is 0.462 e. The van der Waals surface area contributed by atoms with Crippen molar-refractivity contribution in [3.8, 4) is 17.3 Å². The molecule has 0 N–H and O–H groups in total. The van der Waals surface area contributed by atoms with E-state index in [0.29, 0.717) is 33.7 Å². The van der Waals surface area contributed by atoms with Crippen LogP contribution in [0.5, 0.6) is 6.01 Å². The Balaban J connectivity index is 1.42. The lowest BCUT2D eigenvalue weighted by Crippen LogP contribution is -2.56. The van der Waals surface area contributed by atoms with Gasteiger partial charge in [-0.2, -0.15) is 9.97 Å². The number of aromatic nitrogens is 4. The van der Waals surface area contributed by atoms with Crippen LogP contribution >= 0.6 is 11.6 Å². The molecule has 2 saturated heterocycles. The van der Waals surface area contributed by atoms with Crippen LogP contribution in [0, 0.1) is 12.4 Å². The molecule has 2 fully saturated rings. The summed E-state index contributed by atoms with van der Waals surface area (Å²) in [5, 5.41) is 2.12. The zero-order chi connectivity index (χ0) is 33.1. The monoisotopic (exact) mass is 662 g/mol. The number of carbonyl (C=O) groups is 1. The fourth-order valence-corrected chi connectivity index (χ4v) is 6.57.